The molecule has 3 aromatic carbocycles. The maximum Gasteiger partial charge on any atom is 0.273 e. The number of non-ortho nitro benzene ring substituents is 1. The third-order valence-electron chi connectivity index (χ3n) is 4.40. The molecule has 0 spiro atoms. The molecule has 10 nitrogen and oxygen atoms in total. The molecule has 0 aliphatic rings. The molecule has 3 aromatic rings. The topological polar surface area (TPSA) is 137 Å². The first-order valence-corrected chi connectivity index (χ1v) is 10.6. The fraction of sp³-hybridized carbons (Fsp3) is 0.0952. The second-order valence-corrected chi connectivity index (χ2v) is 8.08. The average molecular weight is 457 g/mol. The van der Waals surface area contributed by atoms with Crippen molar-refractivity contribution in [3.05, 3.63) is 82.4 Å². The molecule has 0 aliphatic carbocycles. The Morgan fingerprint density at radius 1 is 0.938 bits per heavy atom. The average Bonchev–Trinajstić information content (AvgIpc) is 2.79. The van der Waals surface area contributed by atoms with Gasteiger partial charge >= 0.3 is 0 Å². The second kappa shape index (κ2) is 9.35. The zero-order valence-electron chi connectivity index (χ0n) is 17.1. The van der Waals surface area contributed by atoms with Gasteiger partial charge in [-0.1, -0.05) is 12.1 Å². The summed E-state index contributed by atoms with van der Waals surface area (Å²) in [6, 6.07) is 15.9. The number of carbonyl (C=O) groups is 1. The van der Waals surface area contributed by atoms with Crippen LogP contribution in [0, 0.1) is 10.1 Å². The van der Waals surface area contributed by atoms with Gasteiger partial charge in [0, 0.05) is 17.3 Å². The summed E-state index contributed by atoms with van der Waals surface area (Å²) in [4.78, 5) is 22.5. The molecule has 11 heteroatoms. The largest absolute Gasteiger partial charge is 0.495 e. The summed E-state index contributed by atoms with van der Waals surface area (Å²) in [5, 5.41) is 13.6. The summed E-state index contributed by atoms with van der Waals surface area (Å²) >= 11 is 0. The van der Waals surface area contributed by atoms with Crippen molar-refractivity contribution < 1.29 is 27.6 Å². The number of sulfonamides is 1. The van der Waals surface area contributed by atoms with Crippen LogP contribution < -0.4 is 19.5 Å². The lowest BCUT2D eigenvalue weighted by Crippen LogP contribution is -2.15. The summed E-state index contributed by atoms with van der Waals surface area (Å²) in [5.41, 5.74) is 0.687. The van der Waals surface area contributed by atoms with Crippen molar-refractivity contribution in [3.8, 4) is 11.5 Å². The van der Waals surface area contributed by atoms with Crippen LogP contribution >= 0.6 is 0 Å². The molecule has 166 valence electrons. The Kier molecular flexibility index (Phi) is 6.59. The lowest BCUT2D eigenvalue weighted by atomic mass is 10.2. The highest BCUT2D eigenvalue weighted by molar-refractivity contribution is 7.92. The Morgan fingerprint density at radius 3 is 2.22 bits per heavy atom. The lowest BCUT2D eigenvalue weighted by molar-refractivity contribution is -0.385. The summed E-state index contributed by atoms with van der Waals surface area (Å²) < 4.78 is 38.0. The van der Waals surface area contributed by atoms with Crippen molar-refractivity contribution in [1.29, 1.82) is 0 Å². The third-order valence-corrected chi connectivity index (χ3v) is 5.82. The van der Waals surface area contributed by atoms with E-state index >= 15 is 0 Å². The standard InChI is InChI=1S/C21H19N3O7S/c1-30-18-6-4-3-5-17(18)22-21(25)14-7-9-15(10-8-14)23-32(28,29)20-12-11-16(24(26)27)13-19(20)31-2/h3-13,23H,1-2H3,(H,22,25). The first-order valence-electron chi connectivity index (χ1n) is 9.15. The maximum absolute atomic E-state index is 12.7. The highest BCUT2D eigenvalue weighted by Gasteiger charge is 2.22. The predicted octanol–water partition coefficient (Wildman–Crippen LogP) is 3.67. The molecule has 0 atom stereocenters. The fourth-order valence-corrected chi connectivity index (χ4v) is 4.04. The summed E-state index contributed by atoms with van der Waals surface area (Å²) in [7, 11) is -1.40. The third kappa shape index (κ3) is 4.95. The Labute approximate surface area is 184 Å². The van der Waals surface area contributed by atoms with E-state index in [0.717, 1.165) is 18.2 Å². The minimum Gasteiger partial charge on any atom is -0.495 e. The number of para-hydroxylation sites is 2. The van der Waals surface area contributed by atoms with Gasteiger partial charge < -0.3 is 14.8 Å². The van der Waals surface area contributed by atoms with Gasteiger partial charge in [-0.25, -0.2) is 8.42 Å². The highest BCUT2D eigenvalue weighted by Crippen LogP contribution is 2.30. The van der Waals surface area contributed by atoms with Crippen LogP contribution in [0.5, 0.6) is 11.5 Å². The zero-order chi connectivity index (χ0) is 23.3. The molecule has 0 aromatic heterocycles. The van der Waals surface area contributed by atoms with E-state index in [1.807, 2.05) is 0 Å². The monoisotopic (exact) mass is 457 g/mol. The number of benzene rings is 3. The van der Waals surface area contributed by atoms with E-state index in [4.69, 9.17) is 9.47 Å². The van der Waals surface area contributed by atoms with E-state index in [2.05, 4.69) is 10.0 Å². The van der Waals surface area contributed by atoms with Crippen molar-refractivity contribution in [2.75, 3.05) is 24.3 Å². The Morgan fingerprint density at radius 2 is 1.59 bits per heavy atom. The summed E-state index contributed by atoms with van der Waals surface area (Å²) in [5.74, 6) is -0.0669. The number of hydrogen-bond acceptors (Lipinski definition) is 7. The summed E-state index contributed by atoms with van der Waals surface area (Å²) in [6.45, 7) is 0. The predicted molar refractivity (Wildman–Crippen MR) is 118 cm³/mol. The fourth-order valence-electron chi connectivity index (χ4n) is 2.83. The van der Waals surface area contributed by atoms with Gasteiger partial charge in [0.25, 0.3) is 21.6 Å². The van der Waals surface area contributed by atoms with Crippen LogP contribution in [0.4, 0.5) is 17.1 Å². The Hall–Kier alpha value is -4.12. The number of anilines is 2. The van der Waals surface area contributed by atoms with Crippen LogP contribution in [0.15, 0.2) is 71.6 Å². The number of nitro benzene ring substituents is 1. The molecular formula is C21H19N3O7S. The van der Waals surface area contributed by atoms with E-state index in [1.54, 1.807) is 24.3 Å². The second-order valence-electron chi connectivity index (χ2n) is 6.43. The number of nitro groups is 1. The van der Waals surface area contributed by atoms with Gasteiger partial charge in [0.2, 0.25) is 0 Å². The molecule has 0 saturated carbocycles. The maximum atomic E-state index is 12.7. The van der Waals surface area contributed by atoms with Gasteiger partial charge in [0.15, 0.2) is 0 Å². The first-order chi connectivity index (χ1) is 15.2. The van der Waals surface area contributed by atoms with E-state index in [-0.39, 0.29) is 22.0 Å². The minimum absolute atomic E-state index is 0.167. The van der Waals surface area contributed by atoms with Crippen LogP contribution in [0.3, 0.4) is 0 Å². The van der Waals surface area contributed by atoms with Crippen molar-refractivity contribution in [2.24, 2.45) is 0 Å². The number of hydrogen-bond donors (Lipinski definition) is 2. The molecule has 0 saturated heterocycles. The van der Waals surface area contributed by atoms with Crippen LogP contribution in [0.2, 0.25) is 0 Å². The minimum atomic E-state index is -4.10. The van der Waals surface area contributed by atoms with Crippen LogP contribution in [-0.4, -0.2) is 33.5 Å². The molecule has 0 aliphatic heterocycles. The SMILES string of the molecule is COc1ccccc1NC(=O)c1ccc(NS(=O)(=O)c2ccc([N+](=O)[O-])cc2OC)cc1. The smallest absolute Gasteiger partial charge is 0.273 e. The van der Waals surface area contributed by atoms with E-state index in [0.29, 0.717) is 17.0 Å². The quantitative estimate of drug-likeness (QED) is 0.389. The summed E-state index contributed by atoms with van der Waals surface area (Å²) in [6.07, 6.45) is 0. The molecule has 0 heterocycles. The van der Waals surface area contributed by atoms with Crippen LogP contribution in [0.1, 0.15) is 10.4 Å². The number of methoxy groups -OCH3 is 2. The molecule has 2 N–H and O–H groups in total. The van der Waals surface area contributed by atoms with Crippen molar-refractivity contribution in [1.82, 2.24) is 0 Å². The number of nitrogens with one attached hydrogen (secondary N) is 2. The van der Waals surface area contributed by atoms with Gasteiger partial charge in [-0.05, 0) is 42.5 Å². The van der Waals surface area contributed by atoms with Gasteiger partial charge in [0.05, 0.1) is 30.9 Å². The molecule has 0 unspecified atom stereocenters. The van der Waals surface area contributed by atoms with Crippen LogP contribution in [0.25, 0.3) is 0 Å². The molecule has 0 fully saturated rings. The molecule has 32 heavy (non-hydrogen) atoms. The first kappa shape index (κ1) is 22.6. The van der Waals surface area contributed by atoms with E-state index in [1.165, 1.54) is 38.5 Å². The highest BCUT2D eigenvalue weighted by atomic mass is 32.2. The molecule has 0 bridgehead atoms. The molecule has 0 radical (unpaired) electrons. The molecule has 3 rings (SSSR count). The van der Waals surface area contributed by atoms with Crippen molar-refractivity contribution in [2.45, 2.75) is 4.90 Å². The van der Waals surface area contributed by atoms with Crippen molar-refractivity contribution >= 4 is 33.0 Å². The zero-order valence-corrected chi connectivity index (χ0v) is 17.9. The number of ether oxygens (including phenoxy) is 2. The van der Waals surface area contributed by atoms with E-state index < -0.39 is 20.9 Å². The van der Waals surface area contributed by atoms with Gasteiger partial charge in [0.1, 0.15) is 16.4 Å². The number of nitrogens with zero attached hydrogens (tertiary/aromatic N) is 1. The molecular weight excluding hydrogens is 438 g/mol. The lowest BCUT2D eigenvalue weighted by Gasteiger charge is -2.12. The van der Waals surface area contributed by atoms with Crippen LogP contribution in [-0.2, 0) is 10.0 Å². The van der Waals surface area contributed by atoms with E-state index in [9.17, 15) is 23.3 Å². The Bertz CT molecular complexity index is 1260. The normalized spacial score (nSPS) is 10.8. The van der Waals surface area contributed by atoms with Gasteiger partial charge in [-0.2, -0.15) is 0 Å². The number of rotatable bonds is 8. The molecule has 1 amide bonds. The number of carbonyl (C=O) groups excluding carboxylic acids is 1. The Balaban J connectivity index is 1.78. The number of amides is 1. The van der Waals surface area contributed by atoms with Crippen molar-refractivity contribution in [3.63, 3.8) is 0 Å². The van der Waals surface area contributed by atoms with Gasteiger partial charge in [-0.3, -0.25) is 19.6 Å². The van der Waals surface area contributed by atoms with Gasteiger partial charge in [-0.15, -0.1) is 0 Å².